The maximum Gasteiger partial charge on any atom is 0.124 e. The third kappa shape index (κ3) is 2.79. The average molecular weight is 291 g/mol. The van der Waals surface area contributed by atoms with E-state index in [0.717, 1.165) is 22.6 Å². The van der Waals surface area contributed by atoms with Gasteiger partial charge in [0.05, 0.1) is 30.1 Å². The van der Waals surface area contributed by atoms with Crippen molar-refractivity contribution in [3.63, 3.8) is 0 Å². The van der Waals surface area contributed by atoms with Gasteiger partial charge in [0.25, 0.3) is 0 Å². The van der Waals surface area contributed by atoms with Gasteiger partial charge in [-0.2, -0.15) is 5.26 Å². The van der Waals surface area contributed by atoms with Crippen LogP contribution in [-0.2, 0) is 13.0 Å². The largest absolute Gasteiger partial charge is 0.494 e. The second kappa shape index (κ2) is 6.31. The Morgan fingerprint density at radius 3 is 2.73 bits per heavy atom. The molecule has 0 bridgehead atoms. The summed E-state index contributed by atoms with van der Waals surface area (Å²) in [5, 5.41) is 9.05. The van der Waals surface area contributed by atoms with Gasteiger partial charge in [-0.15, -0.1) is 0 Å². The van der Waals surface area contributed by atoms with Gasteiger partial charge in [0.15, 0.2) is 0 Å². The fraction of sp³-hybridized carbons (Fsp3) is 0.222. The first-order chi connectivity index (χ1) is 10.8. The van der Waals surface area contributed by atoms with Crippen molar-refractivity contribution in [3.8, 4) is 11.8 Å². The molecule has 1 aromatic heterocycles. The normalized spacial score (nSPS) is 10.5. The van der Waals surface area contributed by atoms with Crippen molar-refractivity contribution in [2.24, 2.45) is 0 Å². The number of nitriles is 1. The highest BCUT2D eigenvalue weighted by Gasteiger charge is 2.11. The van der Waals surface area contributed by atoms with Crippen LogP contribution in [0, 0.1) is 11.3 Å². The van der Waals surface area contributed by atoms with E-state index in [1.54, 1.807) is 0 Å². The number of imidazole rings is 1. The van der Waals surface area contributed by atoms with Crippen LogP contribution in [0.1, 0.15) is 18.3 Å². The summed E-state index contributed by atoms with van der Waals surface area (Å²) in [6, 6.07) is 18.3. The molecule has 3 rings (SSSR count). The first-order valence-corrected chi connectivity index (χ1v) is 7.34. The molecule has 1 heterocycles. The summed E-state index contributed by atoms with van der Waals surface area (Å²) in [5.41, 5.74) is 3.08. The van der Waals surface area contributed by atoms with E-state index in [0.29, 0.717) is 19.6 Å². The van der Waals surface area contributed by atoms with Gasteiger partial charge in [0.1, 0.15) is 11.6 Å². The molecule has 0 fully saturated rings. The van der Waals surface area contributed by atoms with E-state index in [1.165, 1.54) is 5.56 Å². The van der Waals surface area contributed by atoms with Crippen LogP contribution in [0.4, 0.5) is 0 Å². The lowest BCUT2D eigenvalue weighted by atomic mass is 10.2. The summed E-state index contributed by atoms with van der Waals surface area (Å²) >= 11 is 0. The maximum atomic E-state index is 9.05. The highest BCUT2D eigenvalue weighted by molar-refractivity contribution is 5.78. The van der Waals surface area contributed by atoms with Crippen LogP contribution in [0.15, 0.2) is 48.5 Å². The van der Waals surface area contributed by atoms with E-state index >= 15 is 0 Å². The van der Waals surface area contributed by atoms with Crippen LogP contribution in [0.5, 0.6) is 5.75 Å². The topological polar surface area (TPSA) is 50.8 Å². The van der Waals surface area contributed by atoms with Gasteiger partial charge in [-0.05, 0) is 24.6 Å². The quantitative estimate of drug-likeness (QED) is 0.722. The Labute approximate surface area is 129 Å². The number of aromatic nitrogens is 2. The molecule has 0 atom stereocenters. The Balaban J connectivity index is 2.06. The Hall–Kier alpha value is -2.80. The van der Waals surface area contributed by atoms with Crippen molar-refractivity contribution < 1.29 is 4.74 Å². The predicted molar refractivity (Wildman–Crippen MR) is 85.8 cm³/mol. The lowest BCUT2D eigenvalue weighted by molar-refractivity contribution is 0.340. The minimum atomic E-state index is 0.297. The molecule has 3 aromatic rings. The fourth-order valence-electron chi connectivity index (χ4n) is 2.56. The highest BCUT2D eigenvalue weighted by Crippen LogP contribution is 2.23. The lowest BCUT2D eigenvalue weighted by Crippen LogP contribution is -2.04. The Kier molecular flexibility index (Phi) is 4.06. The number of hydrogen-bond acceptors (Lipinski definition) is 3. The molecule has 0 unspecified atom stereocenters. The van der Waals surface area contributed by atoms with Gasteiger partial charge in [-0.1, -0.05) is 30.3 Å². The minimum absolute atomic E-state index is 0.297. The van der Waals surface area contributed by atoms with E-state index in [9.17, 15) is 0 Å². The molecule has 110 valence electrons. The zero-order valence-electron chi connectivity index (χ0n) is 12.5. The van der Waals surface area contributed by atoms with E-state index in [2.05, 4.69) is 27.8 Å². The number of rotatable bonds is 5. The molecular formula is C18H17N3O. The first-order valence-electron chi connectivity index (χ1n) is 7.34. The van der Waals surface area contributed by atoms with Crippen molar-refractivity contribution in [3.05, 3.63) is 59.9 Å². The maximum absolute atomic E-state index is 9.05. The molecule has 0 aliphatic heterocycles. The number of fused-ring (bicyclic) bond motifs is 1. The summed E-state index contributed by atoms with van der Waals surface area (Å²) in [4.78, 5) is 4.60. The summed E-state index contributed by atoms with van der Waals surface area (Å²) < 4.78 is 7.63. The third-order valence-electron chi connectivity index (χ3n) is 3.53. The average Bonchev–Trinajstić information content (AvgIpc) is 2.86. The Morgan fingerprint density at radius 1 is 1.18 bits per heavy atom. The standard InChI is InChI=1S/C18H17N3O/c1-2-22-15-8-9-17-16(12-15)20-18(10-11-19)21(17)13-14-6-4-3-5-7-14/h3-9,12H,2,10,13H2,1H3. The van der Waals surface area contributed by atoms with Gasteiger partial charge in [-0.3, -0.25) is 0 Å². The van der Waals surface area contributed by atoms with Crippen molar-refractivity contribution in [2.45, 2.75) is 19.9 Å². The van der Waals surface area contributed by atoms with E-state index in [1.807, 2.05) is 43.3 Å². The Bertz CT molecular complexity index is 815. The molecule has 0 amide bonds. The van der Waals surface area contributed by atoms with Crippen molar-refractivity contribution in [1.82, 2.24) is 9.55 Å². The molecule has 0 radical (unpaired) electrons. The zero-order valence-corrected chi connectivity index (χ0v) is 12.5. The highest BCUT2D eigenvalue weighted by atomic mass is 16.5. The summed E-state index contributed by atoms with van der Waals surface area (Å²) in [6.45, 7) is 3.29. The van der Waals surface area contributed by atoms with Crippen LogP contribution < -0.4 is 4.74 Å². The molecule has 0 spiro atoms. The van der Waals surface area contributed by atoms with Gasteiger partial charge in [-0.25, -0.2) is 4.98 Å². The van der Waals surface area contributed by atoms with Crippen LogP contribution in [-0.4, -0.2) is 16.2 Å². The zero-order chi connectivity index (χ0) is 15.4. The van der Waals surface area contributed by atoms with Gasteiger partial charge < -0.3 is 9.30 Å². The fourth-order valence-corrected chi connectivity index (χ4v) is 2.56. The molecule has 0 N–H and O–H groups in total. The number of hydrogen-bond donors (Lipinski definition) is 0. The molecule has 4 nitrogen and oxygen atoms in total. The molecule has 2 aromatic carbocycles. The Morgan fingerprint density at radius 2 is 2.00 bits per heavy atom. The van der Waals surface area contributed by atoms with Crippen LogP contribution >= 0.6 is 0 Å². The molecule has 0 aliphatic rings. The van der Waals surface area contributed by atoms with Gasteiger partial charge in [0.2, 0.25) is 0 Å². The van der Waals surface area contributed by atoms with Crippen molar-refractivity contribution in [1.29, 1.82) is 5.26 Å². The minimum Gasteiger partial charge on any atom is -0.494 e. The summed E-state index contributed by atoms with van der Waals surface area (Å²) in [7, 11) is 0. The van der Waals surface area contributed by atoms with Crippen LogP contribution in [0.3, 0.4) is 0 Å². The molecule has 22 heavy (non-hydrogen) atoms. The monoisotopic (exact) mass is 291 g/mol. The third-order valence-corrected chi connectivity index (χ3v) is 3.53. The molecule has 0 saturated heterocycles. The van der Waals surface area contributed by atoms with Gasteiger partial charge >= 0.3 is 0 Å². The number of benzene rings is 2. The SMILES string of the molecule is CCOc1ccc2c(c1)nc(CC#N)n2Cc1ccccc1. The molecule has 0 aliphatic carbocycles. The molecule has 4 heteroatoms. The van der Waals surface area contributed by atoms with Crippen molar-refractivity contribution >= 4 is 11.0 Å². The summed E-state index contributed by atoms with van der Waals surface area (Å²) in [5.74, 6) is 1.60. The van der Waals surface area contributed by atoms with Crippen molar-refractivity contribution in [2.75, 3.05) is 6.61 Å². The van der Waals surface area contributed by atoms with Crippen LogP contribution in [0.25, 0.3) is 11.0 Å². The second-order valence-electron chi connectivity index (χ2n) is 5.02. The van der Waals surface area contributed by atoms with E-state index in [-0.39, 0.29) is 0 Å². The summed E-state index contributed by atoms with van der Waals surface area (Å²) in [6.07, 6.45) is 0.297. The molecular weight excluding hydrogens is 274 g/mol. The van der Waals surface area contributed by atoms with Crippen LogP contribution in [0.2, 0.25) is 0 Å². The predicted octanol–water partition coefficient (Wildman–Crippen LogP) is 3.55. The lowest BCUT2D eigenvalue weighted by Gasteiger charge is -2.08. The van der Waals surface area contributed by atoms with Gasteiger partial charge in [0, 0.05) is 12.6 Å². The number of ether oxygens (including phenoxy) is 1. The number of nitrogens with zero attached hydrogens (tertiary/aromatic N) is 3. The second-order valence-corrected chi connectivity index (χ2v) is 5.02. The smallest absolute Gasteiger partial charge is 0.124 e. The first kappa shape index (κ1) is 14.2. The van der Waals surface area contributed by atoms with E-state index < -0.39 is 0 Å². The van der Waals surface area contributed by atoms with E-state index in [4.69, 9.17) is 10.00 Å². The molecule has 0 saturated carbocycles.